The van der Waals surface area contributed by atoms with Gasteiger partial charge in [0, 0.05) is 6.42 Å². The van der Waals surface area contributed by atoms with Crippen LogP contribution in [0.2, 0.25) is 0 Å². The van der Waals surface area contributed by atoms with Crippen LogP contribution in [0.15, 0.2) is 10.2 Å². The van der Waals surface area contributed by atoms with E-state index in [1.165, 1.54) is 0 Å². The highest BCUT2D eigenvalue weighted by atomic mass is 16.5. The van der Waals surface area contributed by atoms with Crippen LogP contribution in [0.1, 0.15) is 32.6 Å². The average Bonchev–Trinajstić information content (AvgIpc) is 3.06. The summed E-state index contributed by atoms with van der Waals surface area (Å²) in [5.74, 6) is -1.08. The van der Waals surface area contributed by atoms with Crippen LogP contribution >= 0.6 is 0 Å². The number of carboxylic acid groups (broad SMARTS) is 1. The lowest BCUT2D eigenvalue weighted by Crippen LogP contribution is -2.41. The van der Waals surface area contributed by atoms with Gasteiger partial charge in [-0.05, 0) is 32.7 Å². The van der Waals surface area contributed by atoms with E-state index in [1.807, 2.05) is 6.92 Å². The van der Waals surface area contributed by atoms with E-state index >= 15 is 0 Å². The Kier molecular flexibility index (Phi) is 5.68. The number of hydrogen-bond acceptors (Lipinski definition) is 6. The summed E-state index contributed by atoms with van der Waals surface area (Å²) in [7, 11) is 0. The summed E-state index contributed by atoms with van der Waals surface area (Å²) >= 11 is 0. The van der Waals surface area contributed by atoms with Crippen molar-refractivity contribution in [3.63, 3.8) is 0 Å². The maximum absolute atomic E-state index is 11.4. The number of nitrogens with zero attached hydrogens (tertiary/aromatic N) is 2. The van der Waals surface area contributed by atoms with Crippen molar-refractivity contribution >= 4 is 12.1 Å². The Balaban J connectivity index is 2.20. The fourth-order valence-electron chi connectivity index (χ4n) is 1.46. The molecule has 0 spiro atoms. The second kappa shape index (κ2) is 7.03. The van der Waals surface area contributed by atoms with Crippen LogP contribution in [0, 0.1) is 0 Å². The van der Waals surface area contributed by atoms with Gasteiger partial charge in [0.15, 0.2) is 5.66 Å². The minimum absolute atomic E-state index is 0.157. The zero-order valence-electron chi connectivity index (χ0n) is 11.0. The molecule has 1 amide bonds. The van der Waals surface area contributed by atoms with Crippen LogP contribution in [-0.4, -0.2) is 42.0 Å². The molecule has 0 aliphatic carbocycles. The van der Waals surface area contributed by atoms with E-state index in [0.29, 0.717) is 25.8 Å². The molecule has 0 bridgehead atoms. The molecule has 0 fully saturated rings. The zero-order valence-corrected chi connectivity index (χ0v) is 11.0. The van der Waals surface area contributed by atoms with Crippen molar-refractivity contribution in [2.24, 2.45) is 16.0 Å². The third kappa shape index (κ3) is 6.14. The molecule has 8 heteroatoms. The van der Waals surface area contributed by atoms with E-state index in [0.717, 1.165) is 6.42 Å². The number of alkyl carbamates (subject to hydrolysis) is 1. The summed E-state index contributed by atoms with van der Waals surface area (Å²) in [6.07, 6.45) is 1.48. The minimum Gasteiger partial charge on any atom is -0.480 e. The number of nitrogens with one attached hydrogen (secondary N) is 1. The van der Waals surface area contributed by atoms with E-state index in [2.05, 4.69) is 15.5 Å². The Morgan fingerprint density at radius 2 is 2.11 bits per heavy atom. The van der Waals surface area contributed by atoms with Gasteiger partial charge in [-0.1, -0.05) is 0 Å². The number of nitrogens with two attached hydrogens (primary N) is 1. The van der Waals surface area contributed by atoms with E-state index in [4.69, 9.17) is 15.6 Å². The van der Waals surface area contributed by atoms with Crippen molar-refractivity contribution in [2.45, 2.75) is 44.3 Å². The number of rotatable bonds is 9. The Labute approximate surface area is 111 Å². The van der Waals surface area contributed by atoms with Gasteiger partial charge in [-0.2, -0.15) is 10.2 Å². The second-order valence-corrected chi connectivity index (χ2v) is 4.62. The number of carbonyl (C=O) groups is 2. The molecule has 0 aromatic carbocycles. The van der Waals surface area contributed by atoms with Crippen molar-refractivity contribution in [3.05, 3.63) is 0 Å². The first kappa shape index (κ1) is 15.4. The van der Waals surface area contributed by atoms with Crippen molar-refractivity contribution in [3.8, 4) is 0 Å². The molecule has 8 nitrogen and oxygen atoms in total. The van der Waals surface area contributed by atoms with Gasteiger partial charge in [-0.15, -0.1) is 0 Å². The Hall–Kier alpha value is -1.70. The highest BCUT2D eigenvalue weighted by Gasteiger charge is 2.33. The number of aliphatic carboxylic acids is 1. The summed E-state index contributed by atoms with van der Waals surface area (Å²) in [6, 6.07) is -0.940. The third-order valence-electron chi connectivity index (χ3n) is 2.79. The van der Waals surface area contributed by atoms with Crippen LogP contribution in [0.4, 0.5) is 4.79 Å². The Morgan fingerprint density at radius 3 is 2.63 bits per heavy atom. The number of carboxylic acids is 1. The number of carbonyl (C=O) groups excluding carboxylic acids is 1. The van der Waals surface area contributed by atoms with E-state index in [1.54, 1.807) is 0 Å². The number of ether oxygens (including phenoxy) is 1. The Morgan fingerprint density at radius 1 is 1.42 bits per heavy atom. The lowest BCUT2D eigenvalue weighted by molar-refractivity contribution is -0.139. The van der Waals surface area contributed by atoms with Gasteiger partial charge >= 0.3 is 12.1 Å². The Bertz CT molecular complexity index is 353. The van der Waals surface area contributed by atoms with Gasteiger partial charge in [-0.3, -0.25) is 0 Å². The third-order valence-corrected chi connectivity index (χ3v) is 2.79. The first-order valence-corrected chi connectivity index (χ1v) is 6.27. The minimum atomic E-state index is -1.08. The second-order valence-electron chi connectivity index (χ2n) is 4.62. The van der Waals surface area contributed by atoms with E-state index in [9.17, 15) is 9.59 Å². The lowest BCUT2D eigenvalue weighted by atomic mass is 10.1. The maximum Gasteiger partial charge on any atom is 0.407 e. The molecule has 1 atom stereocenters. The zero-order chi connectivity index (χ0) is 14.3. The topological polar surface area (TPSA) is 126 Å². The summed E-state index contributed by atoms with van der Waals surface area (Å²) in [4.78, 5) is 22.4. The quantitative estimate of drug-likeness (QED) is 0.537. The van der Waals surface area contributed by atoms with Gasteiger partial charge in [0.1, 0.15) is 6.04 Å². The predicted molar refractivity (Wildman–Crippen MR) is 66.7 cm³/mol. The predicted octanol–water partition coefficient (Wildman–Crippen LogP) is 0.867. The van der Waals surface area contributed by atoms with Crippen LogP contribution in [0.3, 0.4) is 0 Å². The molecule has 0 radical (unpaired) electrons. The van der Waals surface area contributed by atoms with Crippen LogP contribution < -0.4 is 11.1 Å². The molecule has 1 rings (SSSR count). The molecule has 0 saturated carbocycles. The number of amides is 1. The van der Waals surface area contributed by atoms with Crippen LogP contribution in [0.5, 0.6) is 0 Å². The summed E-state index contributed by atoms with van der Waals surface area (Å²) < 4.78 is 4.89. The molecular weight excluding hydrogens is 252 g/mol. The molecule has 108 valence electrons. The van der Waals surface area contributed by atoms with Crippen molar-refractivity contribution < 1.29 is 19.4 Å². The number of unbranched alkanes of at least 4 members (excludes halogenated alkanes) is 1. The van der Waals surface area contributed by atoms with Crippen molar-refractivity contribution in [1.82, 2.24) is 5.32 Å². The SMILES string of the molecule is CC1(CCOC(=O)N[C@@H](CCCCN)C(=O)O)N=N1. The van der Waals surface area contributed by atoms with Gasteiger partial charge in [0.2, 0.25) is 0 Å². The van der Waals surface area contributed by atoms with Gasteiger partial charge in [0.25, 0.3) is 0 Å². The molecule has 1 aliphatic rings. The van der Waals surface area contributed by atoms with Crippen molar-refractivity contribution in [2.75, 3.05) is 13.2 Å². The molecule has 0 saturated heterocycles. The molecular formula is C11H20N4O4. The monoisotopic (exact) mass is 272 g/mol. The van der Waals surface area contributed by atoms with E-state index in [-0.39, 0.29) is 6.61 Å². The average molecular weight is 272 g/mol. The number of hydrogen-bond donors (Lipinski definition) is 3. The highest BCUT2D eigenvalue weighted by molar-refractivity contribution is 5.79. The molecule has 0 aromatic rings. The summed E-state index contributed by atoms with van der Waals surface area (Å²) in [5, 5.41) is 18.8. The summed E-state index contributed by atoms with van der Waals surface area (Å²) in [6.45, 7) is 2.48. The highest BCUT2D eigenvalue weighted by Crippen LogP contribution is 2.30. The van der Waals surface area contributed by atoms with Crippen molar-refractivity contribution in [1.29, 1.82) is 0 Å². The fourth-order valence-corrected chi connectivity index (χ4v) is 1.46. The molecule has 1 heterocycles. The normalized spacial score (nSPS) is 16.7. The van der Waals surface area contributed by atoms with Gasteiger partial charge < -0.3 is 20.9 Å². The fraction of sp³-hybridized carbons (Fsp3) is 0.818. The summed E-state index contributed by atoms with van der Waals surface area (Å²) in [5.41, 5.74) is 4.90. The largest absolute Gasteiger partial charge is 0.480 e. The van der Waals surface area contributed by atoms with E-state index < -0.39 is 23.8 Å². The molecule has 0 unspecified atom stereocenters. The molecule has 4 N–H and O–H groups in total. The smallest absolute Gasteiger partial charge is 0.407 e. The van der Waals surface area contributed by atoms with Crippen LogP contribution in [-0.2, 0) is 9.53 Å². The molecule has 19 heavy (non-hydrogen) atoms. The first-order valence-electron chi connectivity index (χ1n) is 6.27. The first-order chi connectivity index (χ1) is 8.97. The standard InChI is InChI=1S/C11H20N4O4/c1-11(14-15-11)5-7-19-10(18)13-8(9(16)17)4-2-3-6-12/h8H,2-7,12H2,1H3,(H,13,18)(H,16,17)/t8-/m0/s1. The lowest BCUT2D eigenvalue weighted by Gasteiger charge is -2.14. The molecule has 0 aromatic heterocycles. The van der Waals surface area contributed by atoms with Gasteiger partial charge in [0.05, 0.1) is 6.61 Å². The maximum atomic E-state index is 11.4. The van der Waals surface area contributed by atoms with Crippen LogP contribution in [0.25, 0.3) is 0 Å². The van der Waals surface area contributed by atoms with Gasteiger partial charge in [-0.25, -0.2) is 9.59 Å². The molecule has 1 aliphatic heterocycles.